The van der Waals surface area contributed by atoms with E-state index in [1.807, 2.05) is 18.3 Å². The smallest absolute Gasteiger partial charge is 0.123 e. The maximum Gasteiger partial charge on any atom is 0.123 e. The highest BCUT2D eigenvalue weighted by atomic mass is 16.3. The van der Waals surface area contributed by atoms with E-state index in [0.29, 0.717) is 18.3 Å². The number of nitrogens with two attached hydrogens (primary N) is 1. The highest BCUT2D eigenvalue weighted by Crippen LogP contribution is 2.20. The molecule has 1 aliphatic heterocycles. The molecular weight excluding hydrogens is 214 g/mol. The molecule has 4 nitrogen and oxygen atoms in total. The molecule has 0 bridgehead atoms. The Hall–Kier alpha value is -1.13. The summed E-state index contributed by atoms with van der Waals surface area (Å²) in [5, 5.41) is 8.98. The Morgan fingerprint density at radius 1 is 1.47 bits per heavy atom. The molecule has 0 saturated carbocycles. The molecule has 1 unspecified atom stereocenters. The van der Waals surface area contributed by atoms with E-state index >= 15 is 0 Å². The highest BCUT2D eigenvalue weighted by molar-refractivity contribution is 5.29. The van der Waals surface area contributed by atoms with Gasteiger partial charge in [-0.25, -0.2) is 4.98 Å². The average Bonchev–Trinajstić information content (AvgIpc) is 2.33. The third kappa shape index (κ3) is 3.68. The van der Waals surface area contributed by atoms with Gasteiger partial charge in [-0.1, -0.05) is 6.07 Å². The summed E-state index contributed by atoms with van der Waals surface area (Å²) in [5.74, 6) is 1.22. The maximum atomic E-state index is 8.98. The normalized spacial score (nSPS) is 21.6. The van der Waals surface area contributed by atoms with Gasteiger partial charge in [0.15, 0.2) is 0 Å². The van der Waals surface area contributed by atoms with Gasteiger partial charge in [0, 0.05) is 25.9 Å². The van der Waals surface area contributed by atoms with Gasteiger partial charge in [0.05, 0.1) is 0 Å². The Morgan fingerprint density at radius 3 is 3.06 bits per heavy atom. The summed E-state index contributed by atoms with van der Waals surface area (Å²) >= 11 is 0. The molecule has 2 heterocycles. The van der Waals surface area contributed by atoms with Crippen molar-refractivity contribution in [2.75, 3.05) is 25.4 Å². The molecule has 2 rings (SSSR count). The van der Waals surface area contributed by atoms with Crippen LogP contribution in [0.5, 0.6) is 0 Å². The van der Waals surface area contributed by atoms with E-state index in [9.17, 15) is 0 Å². The molecule has 4 heteroatoms. The number of anilines is 1. The van der Waals surface area contributed by atoms with Gasteiger partial charge in [0.25, 0.3) is 0 Å². The molecule has 0 radical (unpaired) electrons. The van der Waals surface area contributed by atoms with Crippen molar-refractivity contribution in [3.05, 3.63) is 23.9 Å². The SMILES string of the molecule is Nc1ccc(CN2CCCC(CCO)C2)cn1. The first-order valence-corrected chi connectivity index (χ1v) is 6.31. The minimum atomic E-state index is 0.307. The summed E-state index contributed by atoms with van der Waals surface area (Å²) in [6.07, 6.45) is 5.26. The summed E-state index contributed by atoms with van der Waals surface area (Å²) < 4.78 is 0. The molecule has 0 amide bonds. The van der Waals surface area contributed by atoms with Crippen molar-refractivity contribution in [3.8, 4) is 0 Å². The Labute approximate surface area is 102 Å². The third-order valence-corrected chi connectivity index (χ3v) is 3.39. The lowest BCUT2D eigenvalue weighted by atomic mass is 9.95. The predicted octanol–water partition coefficient (Wildman–Crippen LogP) is 1.26. The third-order valence-electron chi connectivity index (χ3n) is 3.39. The van der Waals surface area contributed by atoms with Gasteiger partial charge >= 0.3 is 0 Å². The van der Waals surface area contributed by atoms with Gasteiger partial charge < -0.3 is 10.8 Å². The molecular formula is C13H21N3O. The van der Waals surface area contributed by atoms with Gasteiger partial charge in [-0.05, 0) is 43.4 Å². The number of pyridine rings is 1. The second-order valence-electron chi connectivity index (χ2n) is 4.85. The molecule has 1 aromatic heterocycles. The van der Waals surface area contributed by atoms with Crippen LogP contribution in [-0.2, 0) is 6.54 Å². The lowest BCUT2D eigenvalue weighted by Crippen LogP contribution is -2.35. The summed E-state index contributed by atoms with van der Waals surface area (Å²) in [7, 11) is 0. The van der Waals surface area contributed by atoms with E-state index < -0.39 is 0 Å². The first kappa shape index (κ1) is 12.3. The van der Waals surface area contributed by atoms with E-state index in [0.717, 1.165) is 26.1 Å². The molecule has 1 fully saturated rings. The van der Waals surface area contributed by atoms with Gasteiger partial charge in [-0.3, -0.25) is 4.90 Å². The second kappa shape index (κ2) is 5.98. The summed E-state index contributed by atoms with van der Waals surface area (Å²) in [6, 6.07) is 3.89. The minimum absolute atomic E-state index is 0.307. The van der Waals surface area contributed by atoms with E-state index in [-0.39, 0.29) is 0 Å². The van der Waals surface area contributed by atoms with E-state index in [1.165, 1.54) is 18.4 Å². The molecule has 1 aromatic rings. The fourth-order valence-electron chi connectivity index (χ4n) is 2.50. The van der Waals surface area contributed by atoms with E-state index in [1.54, 1.807) is 0 Å². The van der Waals surface area contributed by atoms with Crippen LogP contribution >= 0.6 is 0 Å². The Balaban J connectivity index is 1.87. The summed E-state index contributed by atoms with van der Waals surface area (Å²) in [4.78, 5) is 6.55. The Bertz CT molecular complexity index is 337. The largest absolute Gasteiger partial charge is 0.396 e. The number of aromatic nitrogens is 1. The van der Waals surface area contributed by atoms with Gasteiger partial charge in [0.2, 0.25) is 0 Å². The van der Waals surface area contributed by atoms with Crippen LogP contribution in [0.2, 0.25) is 0 Å². The number of hydrogen-bond acceptors (Lipinski definition) is 4. The van der Waals surface area contributed by atoms with Crippen molar-refractivity contribution in [1.82, 2.24) is 9.88 Å². The molecule has 1 atom stereocenters. The molecule has 1 saturated heterocycles. The number of nitrogens with zero attached hydrogens (tertiary/aromatic N) is 2. The Morgan fingerprint density at radius 2 is 2.35 bits per heavy atom. The number of nitrogen functional groups attached to an aromatic ring is 1. The number of aliphatic hydroxyl groups excluding tert-OH is 1. The summed E-state index contributed by atoms with van der Waals surface area (Å²) in [6.45, 7) is 3.48. The van der Waals surface area contributed by atoms with Crippen LogP contribution in [0.15, 0.2) is 18.3 Å². The average molecular weight is 235 g/mol. The van der Waals surface area contributed by atoms with Crippen molar-refractivity contribution in [1.29, 1.82) is 0 Å². The lowest BCUT2D eigenvalue weighted by molar-refractivity contribution is 0.142. The van der Waals surface area contributed by atoms with Crippen LogP contribution in [0, 0.1) is 5.92 Å². The maximum absolute atomic E-state index is 8.98. The van der Waals surface area contributed by atoms with Crippen molar-refractivity contribution in [2.24, 2.45) is 5.92 Å². The highest BCUT2D eigenvalue weighted by Gasteiger charge is 2.19. The second-order valence-corrected chi connectivity index (χ2v) is 4.85. The van der Waals surface area contributed by atoms with E-state index in [4.69, 9.17) is 10.8 Å². The van der Waals surface area contributed by atoms with Crippen LogP contribution < -0.4 is 5.73 Å². The van der Waals surface area contributed by atoms with Crippen molar-refractivity contribution in [3.63, 3.8) is 0 Å². The van der Waals surface area contributed by atoms with Crippen LogP contribution in [0.4, 0.5) is 5.82 Å². The zero-order valence-corrected chi connectivity index (χ0v) is 10.2. The quantitative estimate of drug-likeness (QED) is 0.824. The lowest BCUT2D eigenvalue weighted by Gasteiger charge is -2.32. The zero-order valence-electron chi connectivity index (χ0n) is 10.2. The van der Waals surface area contributed by atoms with Gasteiger partial charge in [-0.15, -0.1) is 0 Å². The first-order chi connectivity index (χ1) is 8.28. The van der Waals surface area contributed by atoms with Crippen molar-refractivity contribution < 1.29 is 5.11 Å². The predicted molar refractivity (Wildman–Crippen MR) is 68.4 cm³/mol. The van der Waals surface area contributed by atoms with Gasteiger partial charge in [0.1, 0.15) is 5.82 Å². The minimum Gasteiger partial charge on any atom is -0.396 e. The van der Waals surface area contributed by atoms with Crippen molar-refractivity contribution in [2.45, 2.75) is 25.8 Å². The van der Waals surface area contributed by atoms with Crippen LogP contribution in [0.25, 0.3) is 0 Å². The van der Waals surface area contributed by atoms with Crippen LogP contribution in [0.3, 0.4) is 0 Å². The fourth-order valence-corrected chi connectivity index (χ4v) is 2.50. The number of hydrogen-bond donors (Lipinski definition) is 2. The molecule has 1 aliphatic rings. The summed E-state index contributed by atoms with van der Waals surface area (Å²) in [5.41, 5.74) is 6.78. The van der Waals surface area contributed by atoms with Crippen LogP contribution in [0.1, 0.15) is 24.8 Å². The number of piperidine rings is 1. The van der Waals surface area contributed by atoms with Crippen molar-refractivity contribution >= 4 is 5.82 Å². The van der Waals surface area contributed by atoms with Crippen LogP contribution in [-0.4, -0.2) is 34.7 Å². The number of aliphatic hydroxyl groups is 1. The Kier molecular flexibility index (Phi) is 4.34. The molecule has 3 N–H and O–H groups in total. The van der Waals surface area contributed by atoms with Gasteiger partial charge in [-0.2, -0.15) is 0 Å². The first-order valence-electron chi connectivity index (χ1n) is 6.31. The molecule has 0 aromatic carbocycles. The molecule has 17 heavy (non-hydrogen) atoms. The number of likely N-dealkylation sites (tertiary alicyclic amines) is 1. The monoisotopic (exact) mass is 235 g/mol. The molecule has 94 valence electrons. The number of rotatable bonds is 4. The standard InChI is InChI=1S/C13H21N3O/c14-13-4-3-12(8-15-13)10-16-6-1-2-11(9-16)5-7-17/h3-4,8,11,17H,1-2,5-7,9-10H2,(H2,14,15). The van der Waals surface area contributed by atoms with E-state index in [2.05, 4.69) is 9.88 Å². The fraction of sp³-hybridized carbons (Fsp3) is 0.615. The molecule has 0 aliphatic carbocycles. The zero-order chi connectivity index (χ0) is 12.1. The topological polar surface area (TPSA) is 62.4 Å². The molecule has 0 spiro atoms.